The highest BCUT2D eigenvalue weighted by Gasteiger charge is 2.47. The van der Waals surface area contributed by atoms with Crippen LogP contribution >= 0.6 is 11.6 Å². The average Bonchev–Trinajstić information content (AvgIpc) is 3.10. The summed E-state index contributed by atoms with van der Waals surface area (Å²) in [5.41, 5.74) is 6.14. The summed E-state index contributed by atoms with van der Waals surface area (Å²) in [6.07, 6.45) is 1.54. The molecule has 0 atom stereocenters. The third kappa shape index (κ3) is 2.60. The lowest BCUT2D eigenvalue weighted by Crippen LogP contribution is -2.43. The van der Waals surface area contributed by atoms with Gasteiger partial charge in [-0.2, -0.15) is 0 Å². The Morgan fingerprint density at radius 3 is 2.72 bits per heavy atom. The summed E-state index contributed by atoms with van der Waals surface area (Å²) in [6.45, 7) is 0.459. The molecule has 0 spiro atoms. The number of amides is 1. The predicted octanol–water partition coefficient (Wildman–Crippen LogP) is 1.80. The molecule has 0 heterocycles. The zero-order valence-electron chi connectivity index (χ0n) is 10.6. The van der Waals surface area contributed by atoms with Gasteiger partial charge in [0.1, 0.15) is 5.75 Å². The van der Waals surface area contributed by atoms with Gasteiger partial charge in [-0.3, -0.25) is 4.79 Å². The van der Waals surface area contributed by atoms with Crippen molar-refractivity contribution in [2.75, 3.05) is 14.2 Å². The van der Waals surface area contributed by atoms with Crippen LogP contribution in [0.1, 0.15) is 18.4 Å². The van der Waals surface area contributed by atoms with Gasteiger partial charge in [-0.25, -0.2) is 0 Å². The Bertz CT molecular complexity index is 472. The maximum absolute atomic E-state index is 12.0. The van der Waals surface area contributed by atoms with Gasteiger partial charge >= 0.3 is 0 Å². The van der Waals surface area contributed by atoms with Crippen LogP contribution in [0.4, 0.5) is 0 Å². The van der Waals surface area contributed by atoms with Crippen LogP contribution in [0.25, 0.3) is 0 Å². The van der Waals surface area contributed by atoms with Gasteiger partial charge in [-0.1, -0.05) is 17.7 Å². The molecule has 18 heavy (non-hydrogen) atoms. The largest absolute Gasteiger partial charge is 0.497 e. The third-order valence-electron chi connectivity index (χ3n) is 3.23. The number of nitrogens with zero attached hydrogens (tertiary/aromatic N) is 1. The summed E-state index contributed by atoms with van der Waals surface area (Å²) >= 11 is 6.14. The van der Waals surface area contributed by atoms with E-state index in [4.69, 9.17) is 22.1 Å². The molecule has 98 valence electrons. The second kappa shape index (κ2) is 4.78. The SMILES string of the molecule is COc1ccc(CN(C)C(=O)C2(N)CC2)c(Cl)c1. The molecule has 5 heteroatoms. The first-order chi connectivity index (χ1) is 8.46. The number of hydrogen-bond donors (Lipinski definition) is 1. The summed E-state index contributed by atoms with van der Waals surface area (Å²) in [5, 5.41) is 0.593. The lowest BCUT2D eigenvalue weighted by atomic mass is 10.2. The minimum absolute atomic E-state index is 0.0191. The minimum atomic E-state index is -0.631. The summed E-state index contributed by atoms with van der Waals surface area (Å²) in [7, 11) is 3.34. The van der Waals surface area contributed by atoms with Gasteiger partial charge < -0.3 is 15.4 Å². The Morgan fingerprint density at radius 1 is 1.56 bits per heavy atom. The number of ether oxygens (including phenoxy) is 1. The lowest BCUT2D eigenvalue weighted by Gasteiger charge is -2.21. The average molecular weight is 269 g/mol. The first kappa shape index (κ1) is 13.2. The van der Waals surface area contributed by atoms with Gasteiger partial charge in [0.25, 0.3) is 0 Å². The van der Waals surface area contributed by atoms with Crippen LogP contribution in [0.3, 0.4) is 0 Å². The monoisotopic (exact) mass is 268 g/mol. The van der Waals surface area contributed by atoms with Crippen molar-refractivity contribution in [1.82, 2.24) is 4.90 Å². The molecule has 0 aromatic heterocycles. The van der Waals surface area contributed by atoms with Crippen molar-refractivity contribution in [2.24, 2.45) is 5.73 Å². The number of rotatable bonds is 4. The molecule has 4 nitrogen and oxygen atoms in total. The van der Waals surface area contributed by atoms with E-state index in [0.29, 0.717) is 17.3 Å². The van der Waals surface area contributed by atoms with Crippen molar-refractivity contribution in [2.45, 2.75) is 24.9 Å². The van der Waals surface area contributed by atoms with E-state index in [-0.39, 0.29) is 5.91 Å². The minimum Gasteiger partial charge on any atom is -0.497 e. The van der Waals surface area contributed by atoms with Gasteiger partial charge in [0.2, 0.25) is 5.91 Å². The molecule has 0 saturated heterocycles. The normalized spacial score (nSPS) is 16.2. The highest BCUT2D eigenvalue weighted by atomic mass is 35.5. The van der Waals surface area contributed by atoms with E-state index in [0.717, 1.165) is 18.4 Å². The van der Waals surface area contributed by atoms with Crippen molar-refractivity contribution < 1.29 is 9.53 Å². The summed E-state index contributed by atoms with van der Waals surface area (Å²) in [4.78, 5) is 13.6. The molecule has 1 amide bonds. The van der Waals surface area contributed by atoms with Crippen molar-refractivity contribution in [3.05, 3.63) is 28.8 Å². The van der Waals surface area contributed by atoms with Gasteiger partial charge in [0.05, 0.1) is 12.6 Å². The Morgan fingerprint density at radius 2 is 2.22 bits per heavy atom. The van der Waals surface area contributed by atoms with E-state index in [1.165, 1.54) is 0 Å². The first-order valence-corrected chi connectivity index (χ1v) is 6.21. The van der Waals surface area contributed by atoms with E-state index in [2.05, 4.69) is 0 Å². The molecule has 0 bridgehead atoms. The molecule has 2 rings (SSSR count). The predicted molar refractivity (Wildman–Crippen MR) is 70.6 cm³/mol. The second-order valence-electron chi connectivity index (χ2n) is 4.77. The fraction of sp³-hybridized carbons (Fsp3) is 0.462. The molecule has 1 saturated carbocycles. The van der Waals surface area contributed by atoms with Crippen LogP contribution < -0.4 is 10.5 Å². The van der Waals surface area contributed by atoms with Gasteiger partial charge in [-0.15, -0.1) is 0 Å². The third-order valence-corrected chi connectivity index (χ3v) is 3.58. The van der Waals surface area contributed by atoms with E-state index in [9.17, 15) is 4.79 Å². The molecule has 0 unspecified atom stereocenters. The van der Waals surface area contributed by atoms with Crippen LogP contribution in [-0.2, 0) is 11.3 Å². The number of methoxy groups -OCH3 is 1. The number of nitrogens with two attached hydrogens (primary N) is 1. The summed E-state index contributed by atoms with van der Waals surface area (Å²) in [5.74, 6) is 0.685. The number of hydrogen-bond acceptors (Lipinski definition) is 3. The van der Waals surface area contributed by atoms with E-state index < -0.39 is 5.54 Å². The Hall–Kier alpha value is -1.26. The highest BCUT2D eigenvalue weighted by molar-refractivity contribution is 6.31. The molecule has 0 aliphatic heterocycles. The fourth-order valence-electron chi connectivity index (χ4n) is 1.84. The van der Waals surface area contributed by atoms with Gasteiger partial charge in [0.15, 0.2) is 0 Å². The quantitative estimate of drug-likeness (QED) is 0.906. The van der Waals surface area contributed by atoms with Crippen molar-refractivity contribution >= 4 is 17.5 Å². The molecule has 1 fully saturated rings. The number of benzene rings is 1. The Kier molecular flexibility index (Phi) is 3.50. The lowest BCUT2D eigenvalue weighted by molar-refractivity contribution is -0.132. The topological polar surface area (TPSA) is 55.6 Å². The zero-order valence-corrected chi connectivity index (χ0v) is 11.3. The van der Waals surface area contributed by atoms with E-state index in [1.807, 2.05) is 12.1 Å². The van der Waals surface area contributed by atoms with Gasteiger partial charge in [0, 0.05) is 18.6 Å². The molecular weight excluding hydrogens is 252 g/mol. The van der Waals surface area contributed by atoms with Crippen molar-refractivity contribution in [1.29, 1.82) is 0 Å². The molecule has 1 aromatic rings. The van der Waals surface area contributed by atoms with Crippen molar-refractivity contribution in [3.8, 4) is 5.75 Å². The molecule has 1 aliphatic rings. The molecular formula is C13H17ClN2O2. The Labute approximate surface area is 112 Å². The molecule has 1 aliphatic carbocycles. The second-order valence-corrected chi connectivity index (χ2v) is 5.18. The van der Waals surface area contributed by atoms with Crippen LogP contribution in [0.15, 0.2) is 18.2 Å². The van der Waals surface area contributed by atoms with Crippen LogP contribution in [-0.4, -0.2) is 30.5 Å². The van der Waals surface area contributed by atoms with Crippen LogP contribution in [0.5, 0.6) is 5.75 Å². The summed E-state index contributed by atoms with van der Waals surface area (Å²) < 4.78 is 5.08. The van der Waals surface area contributed by atoms with Crippen molar-refractivity contribution in [3.63, 3.8) is 0 Å². The summed E-state index contributed by atoms with van der Waals surface area (Å²) in [6, 6.07) is 5.43. The Balaban J connectivity index is 2.07. The van der Waals surface area contributed by atoms with E-state index >= 15 is 0 Å². The highest BCUT2D eigenvalue weighted by Crippen LogP contribution is 2.34. The standard InChI is InChI=1S/C13H17ClN2O2/c1-16(12(17)13(15)5-6-13)8-9-3-4-10(18-2)7-11(9)14/h3-4,7H,5-6,8,15H2,1-2H3. The molecule has 1 aromatic carbocycles. The molecule has 2 N–H and O–H groups in total. The maximum atomic E-state index is 12.0. The van der Waals surface area contributed by atoms with Gasteiger partial charge in [-0.05, 0) is 30.5 Å². The number of carbonyl (C=O) groups is 1. The smallest absolute Gasteiger partial charge is 0.242 e. The number of likely N-dealkylation sites (N-methyl/N-ethyl adjacent to an activating group) is 1. The van der Waals surface area contributed by atoms with Crippen LogP contribution in [0, 0.1) is 0 Å². The number of halogens is 1. The maximum Gasteiger partial charge on any atom is 0.242 e. The molecule has 0 radical (unpaired) electrons. The van der Waals surface area contributed by atoms with E-state index in [1.54, 1.807) is 25.1 Å². The number of carbonyl (C=O) groups excluding carboxylic acids is 1. The fourth-order valence-corrected chi connectivity index (χ4v) is 2.07. The zero-order chi connectivity index (χ0) is 13.3. The van der Waals surface area contributed by atoms with Crippen LogP contribution in [0.2, 0.25) is 5.02 Å². The first-order valence-electron chi connectivity index (χ1n) is 5.83.